The van der Waals surface area contributed by atoms with E-state index in [0.717, 1.165) is 6.42 Å². The summed E-state index contributed by atoms with van der Waals surface area (Å²) < 4.78 is 5.54. The van der Waals surface area contributed by atoms with E-state index in [1.54, 1.807) is 0 Å². The maximum atomic E-state index is 11.8. The van der Waals surface area contributed by atoms with Crippen molar-refractivity contribution >= 4 is 5.78 Å². The Kier molecular flexibility index (Phi) is 4.35. The largest absolute Gasteiger partial charge is 0.493 e. The van der Waals surface area contributed by atoms with Crippen LogP contribution in [0, 0.1) is 5.92 Å². The van der Waals surface area contributed by atoms with E-state index < -0.39 is 0 Å². The summed E-state index contributed by atoms with van der Waals surface area (Å²) in [5.74, 6) is 0.858. The second-order valence-corrected chi connectivity index (χ2v) is 3.86. The third-order valence-electron chi connectivity index (χ3n) is 2.14. The highest BCUT2D eigenvalue weighted by Gasteiger charge is 2.14. The lowest BCUT2D eigenvalue weighted by Crippen LogP contribution is -2.10. The first-order valence-corrected chi connectivity index (χ1v) is 5.42. The average molecular weight is 206 g/mol. The summed E-state index contributed by atoms with van der Waals surface area (Å²) in [6.45, 7) is 6.51. The molecule has 0 aliphatic rings. The second kappa shape index (κ2) is 5.54. The fourth-order valence-electron chi connectivity index (χ4n) is 1.32. The van der Waals surface area contributed by atoms with Gasteiger partial charge in [-0.05, 0) is 18.6 Å². The molecular formula is C13H18O2. The molecule has 82 valence electrons. The highest BCUT2D eigenvalue weighted by atomic mass is 16.5. The Morgan fingerprint density at radius 1 is 1.33 bits per heavy atom. The van der Waals surface area contributed by atoms with E-state index in [4.69, 9.17) is 4.74 Å². The van der Waals surface area contributed by atoms with Crippen LogP contribution in [0.5, 0.6) is 5.75 Å². The SMILES string of the molecule is CCCOc1ccccc1C(=O)C(C)C. The van der Waals surface area contributed by atoms with Crippen LogP contribution >= 0.6 is 0 Å². The molecule has 0 aliphatic carbocycles. The normalized spacial score (nSPS) is 10.4. The van der Waals surface area contributed by atoms with Crippen molar-refractivity contribution in [2.24, 2.45) is 5.92 Å². The topological polar surface area (TPSA) is 26.3 Å². The van der Waals surface area contributed by atoms with Crippen LogP contribution in [0.4, 0.5) is 0 Å². The van der Waals surface area contributed by atoms with E-state index in [2.05, 4.69) is 0 Å². The first-order chi connectivity index (χ1) is 7.16. The minimum Gasteiger partial charge on any atom is -0.493 e. The van der Waals surface area contributed by atoms with Gasteiger partial charge >= 0.3 is 0 Å². The van der Waals surface area contributed by atoms with E-state index in [9.17, 15) is 4.79 Å². The molecule has 0 fully saturated rings. The standard InChI is InChI=1S/C13H18O2/c1-4-9-15-12-8-6-5-7-11(12)13(14)10(2)3/h5-8,10H,4,9H2,1-3H3. The predicted molar refractivity (Wildman–Crippen MR) is 61.4 cm³/mol. The van der Waals surface area contributed by atoms with Gasteiger partial charge < -0.3 is 4.74 Å². The lowest BCUT2D eigenvalue weighted by molar-refractivity contribution is 0.0935. The molecule has 15 heavy (non-hydrogen) atoms. The van der Waals surface area contributed by atoms with Crippen LogP contribution in [0.3, 0.4) is 0 Å². The van der Waals surface area contributed by atoms with Crippen LogP contribution in [0.2, 0.25) is 0 Å². The number of hydrogen-bond donors (Lipinski definition) is 0. The number of benzene rings is 1. The molecule has 1 rings (SSSR count). The number of ether oxygens (including phenoxy) is 1. The maximum absolute atomic E-state index is 11.8. The maximum Gasteiger partial charge on any atom is 0.169 e. The quantitative estimate of drug-likeness (QED) is 0.691. The number of ketones is 1. The molecule has 0 radical (unpaired) electrons. The van der Waals surface area contributed by atoms with Crippen molar-refractivity contribution in [2.45, 2.75) is 27.2 Å². The van der Waals surface area contributed by atoms with Gasteiger partial charge in [-0.2, -0.15) is 0 Å². The van der Waals surface area contributed by atoms with Crippen LogP contribution in [0.1, 0.15) is 37.6 Å². The third kappa shape index (κ3) is 3.08. The summed E-state index contributed by atoms with van der Waals surface area (Å²) in [5, 5.41) is 0. The fourth-order valence-corrected chi connectivity index (χ4v) is 1.32. The van der Waals surface area contributed by atoms with Gasteiger partial charge in [-0.1, -0.05) is 32.9 Å². The Morgan fingerprint density at radius 2 is 2.00 bits per heavy atom. The Labute approximate surface area is 91.3 Å². The Bertz CT molecular complexity index is 329. The Balaban J connectivity index is 2.90. The van der Waals surface area contributed by atoms with Gasteiger partial charge in [0.1, 0.15) is 5.75 Å². The van der Waals surface area contributed by atoms with Crippen molar-refractivity contribution in [3.8, 4) is 5.75 Å². The zero-order valence-corrected chi connectivity index (χ0v) is 9.62. The molecular weight excluding hydrogens is 188 g/mol. The third-order valence-corrected chi connectivity index (χ3v) is 2.14. The summed E-state index contributed by atoms with van der Waals surface area (Å²) in [7, 11) is 0. The van der Waals surface area contributed by atoms with Crippen molar-refractivity contribution in [1.82, 2.24) is 0 Å². The van der Waals surface area contributed by atoms with Crippen LogP contribution in [0.15, 0.2) is 24.3 Å². The lowest BCUT2D eigenvalue weighted by Gasteiger charge is -2.11. The van der Waals surface area contributed by atoms with Gasteiger partial charge in [-0.3, -0.25) is 4.79 Å². The number of carbonyl (C=O) groups excluding carboxylic acids is 1. The highest BCUT2D eigenvalue weighted by Crippen LogP contribution is 2.21. The number of rotatable bonds is 5. The first kappa shape index (κ1) is 11.8. The molecule has 1 aromatic carbocycles. The highest BCUT2D eigenvalue weighted by molar-refractivity contribution is 5.99. The van der Waals surface area contributed by atoms with Crippen molar-refractivity contribution in [3.05, 3.63) is 29.8 Å². The zero-order valence-electron chi connectivity index (χ0n) is 9.62. The molecule has 0 spiro atoms. The van der Waals surface area contributed by atoms with Crippen LogP contribution in [-0.4, -0.2) is 12.4 Å². The number of para-hydroxylation sites is 1. The molecule has 0 amide bonds. The van der Waals surface area contributed by atoms with E-state index in [1.807, 2.05) is 45.0 Å². The molecule has 0 bridgehead atoms. The van der Waals surface area contributed by atoms with Crippen molar-refractivity contribution < 1.29 is 9.53 Å². The molecule has 0 N–H and O–H groups in total. The zero-order chi connectivity index (χ0) is 11.3. The summed E-state index contributed by atoms with van der Waals surface area (Å²) in [6.07, 6.45) is 0.949. The first-order valence-electron chi connectivity index (χ1n) is 5.42. The fraction of sp³-hybridized carbons (Fsp3) is 0.462. The predicted octanol–water partition coefficient (Wildman–Crippen LogP) is 3.31. The molecule has 0 saturated carbocycles. The van der Waals surface area contributed by atoms with Gasteiger partial charge in [-0.25, -0.2) is 0 Å². The molecule has 0 aliphatic heterocycles. The van der Waals surface area contributed by atoms with Crippen LogP contribution in [-0.2, 0) is 0 Å². The smallest absolute Gasteiger partial charge is 0.169 e. The number of Topliss-reactive ketones (excluding diaryl/α,β-unsaturated/α-hetero) is 1. The van der Waals surface area contributed by atoms with E-state index in [-0.39, 0.29) is 11.7 Å². The van der Waals surface area contributed by atoms with Gasteiger partial charge in [0.15, 0.2) is 5.78 Å². The summed E-state index contributed by atoms with van der Waals surface area (Å²) in [5.41, 5.74) is 0.695. The van der Waals surface area contributed by atoms with Crippen molar-refractivity contribution in [3.63, 3.8) is 0 Å². The van der Waals surface area contributed by atoms with E-state index in [1.165, 1.54) is 0 Å². The molecule has 2 nitrogen and oxygen atoms in total. The second-order valence-electron chi connectivity index (χ2n) is 3.86. The van der Waals surface area contributed by atoms with Gasteiger partial charge in [-0.15, -0.1) is 0 Å². The average Bonchev–Trinajstić information content (AvgIpc) is 2.25. The number of hydrogen-bond acceptors (Lipinski definition) is 2. The Morgan fingerprint density at radius 3 is 2.60 bits per heavy atom. The monoisotopic (exact) mass is 206 g/mol. The lowest BCUT2D eigenvalue weighted by atomic mass is 10.0. The van der Waals surface area contributed by atoms with Crippen LogP contribution < -0.4 is 4.74 Å². The minimum absolute atomic E-state index is 0.0105. The molecule has 0 heterocycles. The summed E-state index contributed by atoms with van der Waals surface area (Å²) >= 11 is 0. The van der Waals surface area contributed by atoms with Gasteiger partial charge in [0, 0.05) is 5.92 Å². The molecule has 2 heteroatoms. The molecule has 0 atom stereocenters. The van der Waals surface area contributed by atoms with E-state index >= 15 is 0 Å². The van der Waals surface area contributed by atoms with Crippen LogP contribution in [0.25, 0.3) is 0 Å². The van der Waals surface area contributed by atoms with Crippen molar-refractivity contribution in [1.29, 1.82) is 0 Å². The van der Waals surface area contributed by atoms with Gasteiger partial charge in [0.05, 0.1) is 12.2 Å². The summed E-state index contributed by atoms with van der Waals surface area (Å²) in [4.78, 5) is 11.8. The Hall–Kier alpha value is -1.31. The molecule has 1 aromatic rings. The minimum atomic E-state index is 0.0105. The number of carbonyl (C=O) groups is 1. The van der Waals surface area contributed by atoms with Gasteiger partial charge in [0.2, 0.25) is 0 Å². The molecule has 0 aromatic heterocycles. The molecule has 0 unspecified atom stereocenters. The van der Waals surface area contributed by atoms with Crippen molar-refractivity contribution in [2.75, 3.05) is 6.61 Å². The molecule has 0 saturated heterocycles. The summed E-state index contributed by atoms with van der Waals surface area (Å²) in [6, 6.07) is 7.44. The van der Waals surface area contributed by atoms with E-state index in [0.29, 0.717) is 17.9 Å². The van der Waals surface area contributed by atoms with Gasteiger partial charge in [0.25, 0.3) is 0 Å².